The van der Waals surface area contributed by atoms with Crippen LogP contribution in [-0.4, -0.2) is 10.9 Å². The lowest BCUT2D eigenvalue weighted by Crippen LogP contribution is -2.31. The molecular weight excluding hydrogens is 254 g/mol. The van der Waals surface area contributed by atoms with Crippen LogP contribution in [0, 0.1) is 23.7 Å². The summed E-state index contributed by atoms with van der Waals surface area (Å²) >= 11 is 5.60. The standard InChI is InChI=1S/C16H17NOS/c1-10-8-9-11(2)14-13(10)15(18)17(16(14)19)12-6-4-3-5-7-12/h3-11,13-14H,1-2H3/t10-,11+,13-,14+/m0/s1. The molecule has 1 aliphatic heterocycles. The molecule has 1 saturated heterocycles. The predicted molar refractivity (Wildman–Crippen MR) is 81.0 cm³/mol. The van der Waals surface area contributed by atoms with Crippen molar-refractivity contribution >= 4 is 28.8 Å². The Hall–Kier alpha value is -1.48. The number of thiocarbonyl (C=S) groups is 1. The zero-order valence-corrected chi connectivity index (χ0v) is 11.9. The number of fused-ring (bicyclic) bond motifs is 1. The highest BCUT2D eigenvalue weighted by molar-refractivity contribution is 7.80. The van der Waals surface area contributed by atoms with Crippen LogP contribution in [0.5, 0.6) is 0 Å². The van der Waals surface area contributed by atoms with E-state index in [0.29, 0.717) is 5.92 Å². The molecule has 98 valence electrons. The topological polar surface area (TPSA) is 20.3 Å². The second-order valence-electron chi connectivity index (χ2n) is 5.50. The monoisotopic (exact) mass is 271 g/mol. The number of hydrogen-bond donors (Lipinski definition) is 0. The van der Waals surface area contributed by atoms with Gasteiger partial charge in [-0.2, -0.15) is 0 Å². The Bertz CT molecular complexity index is 521. The minimum Gasteiger partial charge on any atom is -0.274 e. The third-order valence-electron chi connectivity index (χ3n) is 4.26. The number of rotatable bonds is 1. The summed E-state index contributed by atoms with van der Waals surface area (Å²) < 4.78 is 0. The predicted octanol–water partition coefficient (Wildman–Crippen LogP) is 3.44. The molecule has 4 atom stereocenters. The highest BCUT2D eigenvalue weighted by Crippen LogP contribution is 2.43. The molecule has 19 heavy (non-hydrogen) atoms. The maximum atomic E-state index is 12.7. The molecule has 0 N–H and O–H groups in total. The summed E-state index contributed by atoms with van der Waals surface area (Å²) in [4.78, 5) is 15.2. The van der Waals surface area contributed by atoms with Gasteiger partial charge in [-0.3, -0.25) is 9.69 Å². The number of hydrogen-bond acceptors (Lipinski definition) is 2. The van der Waals surface area contributed by atoms with Crippen molar-refractivity contribution in [1.82, 2.24) is 0 Å². The van der Waals surface area contributed by atoms with E-state index in [-0.39, 0.29) is 23.7 Å². The second kappa shape index (κ2) is 4.57. The van der Waals surface area contributed by atoms with E-state index >= 15 is 0 Å². The molecule has 3 rings (SSSR count). The Kier molecular flexibility index (Phi) is 3.02. The number of nitrogens with zero attached hydrogens (tertiary/aromatic N) is 1. The van der Waals surface area contributed by atoms with Crippen molar-refractivity contribution in [2.45, 2.75) is 13.8 Å². The molecule has 1 aromatic carbocycles. The number of benzene rings is 1. The Morgan fingerprint density at radius 3 is 2.16 bits per heavy atom. The smallest absolute Gasteiger partial charge is 0.236 e. The highest BCUT2D eigenvalue weighted by Gasteiger charge is 2.50. The third kappa shape index (κ3) is 1.84. The van der Waals surface area contributed by atoms with Crippen LogP contribution in [0.15, 0.2) is 42.5 Å². The summed E-state index contributed by atoms with van der Waals surface area (Å²) in [5.41, 5.74) is 0.895. The lowest BCUT2D eigenvalue weighted by molar-refractivity contribution is -0.122. The van der Waals surface area contributed by atoms with E-state index < -0.39 is 0 Å². The average molecular weight is 271 g/mol. The van der Waals surface area contributed by atoms with E-state index in [1.165, 1.54) is 0 Å². The van der Waals surface area contributed by atoms with Gasteiger partial charge in [0.15, 0.2) is 0 Å². The van der Waals surface area contributed by atoms with Crippen molar-refractivity contribution in [2.24, 2.45) is 23.7 Å². The lowest BCUT2D eigenvalue weighted by atomic mass is 9.73. The van der Waals surface area contributed by atoms with Crippen LogP contribution < -0.4 is 4.90 Å². The van der Waals surface area contributed by atoms with Gasteiger partial charge in [0.25, 0.3) is 0 Å². The summed E-state index contributed by atoms with van der Waals surface area (Å²) in [6.45, 7) is 4.25. The first-order valence-corrected chi connectivity index (χ1v) is 7.13. The number of carbonyl (C=O) groups excluding carboxylic acids is 1. The average Bonchev–Trinajstić information content (AvgIpc) is 2.68. The molecular formula is C16H17NOS. The Labute approximate surface area is 119 Å². The molecule has 2 nitrogen and oxygen atoms in total. The molecule has 1 aliphatic carbocycles. The van der Waals surface area contributed by atoms with Crippen LogP contribution in [0.3, 0.4) is 0 Å². The SMILES string of the molecule is C[C@@H]1C=C[C@H](C)[C@@H]2C(=O)N(c3ccccc3)C(=S)[C@@H]21. The Morgan fingerprint density at radius 1 is 1.00 bits per heavy atom. The fourth-order valence-electron chi connectivity index (χ4n) is 3.24. The van der Waals surface area contributed by atoms with Crippen LogP contribution in [0.4, 0.5) is 5.69 Å². The molecule has 3 heteroatoms. The first-order chi connectivity index (χ1) is 9.11. The maximum Gasteiger partial charge on any atom is 0.236 e. The minimum atomic E-state index is 0.00714. The van der Waals surface area contributed by atoms with Crippen LogP contribution >= 0.6 is 12.2 Å². The zero-order valence-electron chi connectivity index (χ0n) is 11.1. The first-order valence-electron chi connectivity index (χ1n) is 6.72. The molecule has 0 spiro atoms. The van der Waals surface area contributed by atoms with Crippen LogP contribution in [0.2, 0.25) is 0 Å². The summed E-state index contributed by atoms with van der Waals surface area (Å²) in [6.07, 6.45) is 4.35. The number of anilines is 1. The van der Waals surface area contributed by atoms with E-state index in [1.807, 2.05) is 30.3 Å². The molecule has 0 bridgehead atoms. The van der Waals surface area contributed by atoms with E-state index in [4.69, 9.17) is 12.2 Å². The molecule has 0 aromatic heterocycles. The Balaban J connectivity index is 2.03. The largest absolute Gasteiger partial charge is 0.274 e. The van der Waals surface area contributed by atoms with Crippen molar-refractivity contribution in [3.05, 3.63) is 42.5 Å². The van der Waals surface area contributed by atoms with Gasteiger partial charge in [0.05, 0.1) is 10.9 Å². The fraction of sp³-hybridized carbons (Fsp3) is 0.375. The number of carbonyl (C=O) groups is 1. The van der Waals surface area contributed by atoms with Crippen molar-refractivity contribution in [3.63, 3.8) is 0 Å². The van der Waals surface area contributed by atoms with E-state index in [9.17, 15) is 4.79 Å². The van der Waals surface area contributed by atoms with Gasteiger partial charge in [0.2, 0.25) is 5.91 Å². The molecule has 1 aromatic rings. The van der Waals surface area contributed by atoms with Crippen LogP contribution in [0.25, 0.3) is 0 Å². The highest BCUT2D eigenvalue weighted by atomic mass is 32.1. The number of para-hydroxylation sites is 1. The summed E-state index contributed by atoms with van der Waals surface area (Å²) in [6, 6.07) is 9.73. The van der Waals surface area contributed by atoms with E-state index in [2.05, 4.69) is 26.0 Å². The Morgan fingerprint density at radius 2 is 1.58 bits per heavy atom. The third-order valence-corrected chi connectivity index (χ3v) is 4.72. The molecule has 0 unspecified atom stereocenters. The van der Waals surface area contributed by atoms with E-state index in [1.54, 1.807) is 4.90 Å². The normalized spacial score (nSPS) is 33.7. The maximum absolute atomic E-state index is 12.7. The molecule has 0 saturated carbocycles. The molecule has 1 fully saturated rings. The quantitative estimate of drug-likeness (QED) is 0.576. The second-order valence-corrected chi connectivity index (χ2v) is 5.92. The summed E-state index contributed by atoms with van der Waals surface area (Å²) in [7, 11) is 0. The van der Waals surface area contributed by atoms with Gasteiger partial charge in [0.1, 0.15) is 0 Å². The van der Waals surface area contributed by atoms with Gasteiger partial charge in [0, 0.05) is 11.6 Å². The van der Waals surface area contributed by atoms with Crippen molar-refractivity contribution < 1.29 is 4.79 Å². The van der Waals surface area contributed by atoms with Gasteiger partial charge in [-0.25, -0.2) is 0 Å². The van der Waals surface area contributed by atoms with Gasteiger partial charge in [-0.15, -0.1) is 0 Å². The molecule has 1 heterocycles. The zero-order chi connectivity index (χ0) is 13.6. The molecule has 2 aliphatic rings. The number of allylic oxidation sites excluding steroid dienone is 2. The molecule has 1 amide bonds. The van der Waals surface area contributed by atoms with Crippen molar-refractivity contribution in [2.75, 3.05) is 4.90 Å². The van der Waals surface area contributed by atoms with Gasteiger partial charge < -0.3 is 0 Å². The van der Waals surface area contributed by atoms with Crippen LogP contribution in [-0.2, 0) is 4.79 Å². The summed E-state index contributed by atoms with van der Waals surface area (Å²) in [5, 5.41) is 0. The van der Waals surface area contributed by atoms with Gasteiger partial charge in [-0.1, -0.05) is 56.4 Å². The minimum absolute atomic E-state index is 0.00714. The molecule has 0 radical (unpaired) electrons. The first kappa shape index (κ1) is 12.5. The van der Waals surface area contributed by atoms with E-state index in [0.717, 1.165) is 10.7 Å². The fourth-order valence-corrected chi connectivity index (χ4v) is 3.80. The van der Waals surface area contributed by atoms with Crippen molar-refractivity contribution in [1.29, 1.82) is 0 Å². The van der Waals surface area contributed by atoms with Gasteiger partial charge >= 0.3 is 0 Å². The van der Waals surface area contributed by atoms with Crippen molar-refractivity contribution in [3.8, 4) is 0 Å². The summed E-state index contributed by atoms with van der Waals surface area (Å²) in [5.74, 6) is 0.937. The van der Waals surface area contributed by atoms with Gasteiger partial charge in [-0.05, 0) is 24.0 Å². The number of amides is 1. The van der Waals surface area contributed by atoms with Crippen LogP contribution in [0.1, 0.15) is 13.8 Å². The lowest BCUT2D eigenvalue weighted by Gasteiger charge is -2.28.